The van der Waals surface area contributed by atoms with Gasteiger partial charge in [0.25, 0.3) is 5.92 Å². The van der Waals surface area contributed by atoms with Gasteiger partial charge in [0.05, 0.1) is 0 Å². The van der Waals surface area contributed by atoms with Crippen LogP contribution < -0.4 is 0 Å². The molecule has 0 unspecified atom stereocenters. The van der Waals surface area contributed by atoms with Gasteiger partial charge in [0.2, 0.25) is 0 Å². The minimum atomic E-state index is -4.77. The van der Waals surface area contributed by atoms with Crippen molar-refractivity contribution in [2.45, 2.75) is 25.4 Å². The first kappa shape index (κ1) is 12.3. The van der Waals surface area contributed by atoms with E-state index in [0.717, 1.165) is 0 Å². The fourth-order valence-electron chi connectivity index (χ4n) is 0.352. The lowest BCUT2D eigenvalue weighted by Gasteiger charge is -2.11. The predicted octanol–water partition coefficient (Wildman–Crippen LogP) is 1.77. The summed E-state index contributed by atoms with van der Waals surface area (Å²) in [5.74, 6) is -3.64. The van der Waals surface area contributed by atoms with Gasteiger partial charge in [-0.25, -0.2) is 8.78 Å². The summed E-state index contributed by atoms with van der Waals surface area (Å²) in [5, 5.41) is 0. The van der Waals surface area contributed by atoms with Crippen molar-refractivity contribution in [2.24, 2.45) is 0 Å². The summed E-state index contributed by atoms with van der Waals surface area (Å²) in [6.07, 6.45) is -6.81. The fourth-order valence-corrected chi connectivity index (χ4v) is 0.352. The summed E-state index contributed by atoms with van der Waals surface area (Å²) in [6, 6.07) is 0. The smallest absolute Gasteiger partial charge is 0.394 e. The van der Waals surface area contributed by atoms with E-state index in [2.05, 4.69) is 0 Å². The SMILES string of the molecule is CC(F)(F)CC(F)(F)F.O. The highest BCUT2D eigenvalue weighted by Crippen LogP contribution is 2.30. The quantitative estimate of drug-likeness (QED) is 0.531. The van der Waals surface area contributed by atoms with Gasteiger partial charge in [0, 0.05) is 0 Å². The zero-order valence-corrected chi connectivity index (χ0v) is 5.10. The lowest BCUT2D eigenvalue weighted by Crippen LogP contribution is -2.21. The van der Waals surface area contributed by atoms with E-state index < -0.39 is 18.5 Å². The Morgan fingerprint density at radius 3 is 1.30 bits per heavy atom. The summed E-state index contributed by atoms with van der Waals surface area (Å²) in [6.45, 7) is 0.237. The molecule has 0 aliphatic carbocycles. The zero-order chi connectivity index (χ0) is 7.71. The highest BCUT2D eigenvalue weighted by atomic mass is 19.4. The van der Waals surface area contributed by atoms with Gasteiger partial charge < -0.3 is 5.48 Å². The van der Waals surface area contributed by atoms with Crippen LogP contribution in [0.4, 0.5) is 22.0 Å². The molecule has 2 N–H and O–H groups in total. The van der Waals surface area contributed by atoms with Crippen molar-refractivity contribution in [1.82, 2.24) is 0 Å². The summed E-state index contributed by atoms with van der Waals surface area (Å²) >= 11 is 0. The Morgan fingerprint density at radius 1 is 1.00 bits per heavy atom. The molecule has 0 fully saturated rings. The van der Waals surface area contributed by atoms with Crippen molar-refractivity contribution >= 4 is 0 Å². The van der Waals surface area contributed by atoms with Gasteiger partial charge in [0.1, 0.15) is 6.42 Å². The van der Waals surface area contributed by atoms with Crippen molar-refractivity contribution in [1.29, 1.82) is 0 Å². The summed E-state index contributed by atoms with van der Waals surface area (Å²) in [4.78, 5) is 0. The van der Waals surface area contributed by atoms with Crippen LogP contribution in [0, 0.1) is 0 Å². The van der Waals surface area contributed by atoms with Crippen LogP contribution in [0.5, 0.6) is 0 Å². The lowest BCUT2D eigenvalue weighted by molar-refractivity contribution is -0.182. The van der Waals surface area contributed by atoms with E-state index in [1.54, 1.807) is 0 Å². The molecule has 0 saturated carbocycles. The predicted molar refractivity (Wildman–Crippen MR) is 24.9 cm³/mol. The van der Waals surface area contributed by atoms with Gasteiger partial charge >= 0.3 is 6.18 Å². The fraction of sp³-hybridized carbons (Fsp3) is 1.00. The number of halogens is 5. The Kier molecular flexibility index (Phi) is 3.86. The first-order valence-corrected chi connectivity index (χ1v) is 2.15. The molecule has 0 amide bonds. The van der Waals surface area contributed by atoms with Crippen LogP contribution in [0.3, 0.4) is 0 Å². The Labute approximate surface area is 54.1 Å². The number of hydrogen-bond donors (Lipinski definition) is 0. The van der Waals surface area contributed by atoms with Gasteiger partial charge in [-0.3, -0.25) is 0 Å². The van der Waals surface area contributed by atoms with Gasteiger partial charge in [-0.15, -0.1) is 0 Å². The molecule has 0 spiro atoms. The molecule has 0 bridgehead atoms. The topological polar surface area (TPSA) is 31.5 Å². The molecule has 6 heteroatoms. The van der Waals surface area contributed by atoms with Crippen molar-refractivity contribution in [2.75, 3.05) is 0 Å². The van der Waals surface area contributed by atoms with Crippen molar-refractivity contribution in [3.8, 4) is 0 Å². The second-order valence-electron chi connectivity index (χ2n) is 1.86. The van der Waals surface area contributed by atoms with E-state index in [4.69, 9.17) is 0 Å². The lowest BCUT2D eigenvalue weighted by atomic mass is 10.3. The normalized spacial score (nSPS) is 12.6. The maximum absolute atomic E-state index is 11.5. The molecule has 0 aromatic carbocycles. The van der Waals surface area contributed by atoms with Gasteiger partial charge in [-0.2, -0.15) is 13.2 Å². The van der Waals surface area contributed by atoms with Crippen LogP contribution in [0.1, 0.15) is 13.3 Å². The molecular formula is C4H7F5O. The number of hydrogen-bond acceptors (Lipinski definition) is 0. The Hall–Kier alpha value is -0.390. The number of rotatable bonds is 1. The Balaban J connectivity index is 0. The highest BCUT2D eigenvalue weighted by Gasteiger charge is 2.39. The minimum absolute atomic E-state index is 0. The zero-order valence-electron chi connectivity index (χ0n) is 5.10. The Morgan fingerprint density at radius 2 is 1.30 bits per heavy atom. The van der Waals surface area contributed by atoms with E-state index in [9.17, 15) is 22.0 Å². The third-order valence-electron chi connectivity index (χ3n) is 0.511. The molecule has 0 saturated heterocycles. The molecule has 0 aliphatic heterocycles. The molecule has 0 rings (SSSR count). The highest BCUT2D eigenvalue weighted by molar-refractivity contribution is 4.63. The van der Waals surface area contributed by atoms with Gasteiger partial charge in [-0.05, 0) is 6.92 Å². The van der Waals surface area contributed by atoms with E-state index in [1.807, 2.05) is 0 Å². The summed E-state index contributed by atoms with van der Waals surface area (Å²) < 4.78 is 56.2. The van der Waals surface area contributed by atoms with E-state index in [0.29, 0.717) is 0 Å². The van der Waals surface area contributed by atoms with Crippen molar-refractivity contribution in [3.05, 3.63) is 0 Å². The second kappa shape index (κ2) is 3.14. The second-order valence-corrected chi connectivity index (χ2v) is 1.86. The Bertz CT molecular complexity index is 78.8. The molecule has 0 heterocycles. The van der Waals surface area contributed by atoms with Crippen LogP contribution in [0.2, 0.25) is 0 Å². The van der Waals surface area contributed by atoms with Crippen molar-refractivity contribution < 1.29 is 27.4 Å². The molecule has 1 nitrogen and oxygen atoms in total. The van der Waals surface area contributed by atoms with E-state index in [-0.39, 0.29) is 12.4 Å². The first-order valence-electron chi connectivity index (χ1n) is 2.15. The monoisotopic (exact) mass is 166 g/mol. The molecule has 10 heavy (non-hydrogen) atoms. The summed E-state index contributed by atoms with van der Waals surface area (Å²) in [7, 11) is 0. The summed E-state index contributed by atoms with van der Waals surface area (Å²) in [5.41, 5.74) is 0. The largest absolute Gasteiger partial charge is 0.412 e. The van der Waals surface area contributed by atoms with E-state index >= 15 is 0 Å². The van der Waals surface area contributed by atoms with Crippen LogP contribution in [-0.4, -0.2) is 17.6 Å². The minimum Gasteiger partial charge on any atom is -0.412 e. The average Bonchev–Trinajstić information content (AvgIpc) is 1.14. The van der Waals surface area contributed by atoms with Crippen LogP contribution in [-0.2, 0) is 0 Å². The number of alkyl halides is 5. The molecule has 64 valence electrons. The van der Waals surface area contributed by atoms with Gasteiger partial charge in [0.15, 0.2) is 0 Å². The van der Waals surface area contributed by atoms with Crippen LogP contribution in [0.25, 0.3) is 0 Å². The van der Waals surface area contributed by atoms with Crippen LogP contribution >= 0.6 is 0 Å². The van der Waals surface area contributed by atoms with E-state index in [1.165, 1.54) is 0 Å². The molecule has 0 atom stereocenters. The van der Waals surface area contributed by atoms with Crippen LogP contribution in [0.15, 0.2) is 0 Å². The maximum Gasteiger partial charge on any atom is 0.394 e. The van der Waals surface area contributed by atoms with Gasteiger partial charge in [-0.1, -0.05) is 0 Å². The standard InChI is InChI=1S/C4H5F5.H2O/c1-3(5,6)2-4(7,8)9;/h2H2,1H3;1H2. The first-order chi connectivity index (χ1) is 3.71. The molecule has 0 aromatic rings. The third kappa shape index (κ3) is 10.6. The maximum atomic E-state index is 11.5. The average molecular weight is 166 g/mol. The molecule has 0 radical (unpaired) electrons. The van der Waals surface area contributed by atoms with Crippen molar-refractivity contribution in [3.63, 3.8) is 0 Å². The molecule has 0 aliphatic rings. The molecular weight excluding hydrogens is 159 g/mol. The third-order valence-corrected chi connectivity index (χ3v) is 0.511. The molecule has 0 aromatic heterocycles.